The van der Waals surface area contributed by atoms with Crippen LogP contribution in [0.5, 0.6) is 0 Å². The van der Waals surface area contributed by atoms with Gasteiger partial charge >= 0.3 is 0 Å². The van der Waals surface area contributed by atoms with Crippen molar-refractivity contribution in [2.45, 2.75) is 37.7 Å². The third-order valence-corrected chi connectivity index (χ3v) is 6.03. The Balaban J connectivity index is 1.90. The third-order valence-electron chi connectivity index (χ3n) is 5.05. The Labute approximate surface area is 97.2 Å². The molecule has 3 nitrogen and oxygen atoms in total. The van der Waals surface area contributed by atoms with Crippen molar-refractivity contribution in [3.8, 4) is 0 Å². The van der Waals surface area contributed by atoms with E-state index in [2.05, 4.69) is 0 Å². The quantitative estimate of drug-likeness (QED) is 0.794. The van der Waals surface area contributed by atoms with Crippen LogP contribution >= 0.6 is 0 Å². The summed E-state index contributed by atoms with van der Waals surface area (Å²) in [6.07, 6.45) is 6.79. The zero-order valence-electron chi connectivity index (χ0n) is 9.72. The Morgan fingerprint density at radius 3 is 1.88 bits per heavy atom. The Morgan fingerprint density at radius 2 is 1.50 bits per heavy atom. The van der Waals surface area contributed by atoms with Crippen molar-refractivity contribution in [1.82, 2.24) is 0 Å². The van der Waals surface area contributed by atoms with Gasteiger partial charge in [0.05, 0.1) is 11.4 Å². The lowest BCUT2D eigenvalue weighted by Gasteiger charge is -2.58. The number of rotatable bonds is 2. The lowest BCUT2D eigenvalue weighted by atomic mass is 9.50. The third kappa shape index (κ3) is 1.61. The first-order valence-electron chi connectivity index (χ1n) is 6.27. The molecule has 0 amide bonds. The summed E-state index contributed by atoms with van der Waals surface area (Å²) < 4.78 is 22.9. The van der Waals surface area contributed by atoms with E-state index in [0.717, 1.165) is 37.5 Å². The molecule has 0 aliphatic heterocycles. The van der Waals surface area contributed by atoms with Crippen LogP contribution in [-0.2, 0) is 9.84 Å². The van der Waals surface area contributed by atoms with E-state index in [4.69, 9.17) is 0 Å². The highest BCUT2D eigenvalue weighted by Crippen LogP contribution is 2.58. The topological polar surface area (TPSA) is 54.4 Å². The monoisotopic (exact) mass is 244 g/mol. The van der Waals surface area contributed by atoms with Crippen molar-refractivity contribution in [1.29, 1.82) is 0 Å². The van der Waals surface area contributed by atoms with E-state index in [0.29, 0.717) is 0 Å². The van der Waals surface area contributed by atoms with E-state index in [9.17, 15) is 13.5 Å². The second-order valence-electron chi connectivity index (χ2n) is 6.37. The van der Waals surface area contributed by atoms with Gasteiger partial charge in [-0.3, -0.25) is 0 Å². The molecule has 4 rings (SSSR count). The average molecular weight is 244 g/mol. The zero-order valence-corrected chi connectivity index (χ0v) is 10.5. The van der Waals surface area contributed by atoms with Gasteiger partial charge in [0, 0.05) is 6.26 Å². The highest BCUT2D eigenvalue weighted by molar-refractivity contribution is 7.90. The highest BCUT2D eigenvalue weighted by atomic mass is 32.2. The van der Waals surface area contributed by atoms with Gasteiger partial charge in [-0.05, 0) is 55.8 Å². The molecular weight excluding hydrogens is 224 g/mol. The van der Waals surface area contributed by atoms with Crippen molar-refractivity contribution in [3.05, 3.63) is 0 Å². The van der Waals surface area contributed by atoms with Gasteiger partial charge in [-0.2, -0.15) is 0 Å². The minimum absolute atomic E-state index is 0.0191. The molecule has 0 atom stereocenters. The van der Waals surface area contributed by atoms with Crippen molar-refractivity contribution in [2.24, 2.45) is 23.7 Å². The molecule has 0 saturated heterocycles. The molecular formula is C12H20O3S. The minimum Gasteiger partial charge on any atom is -0.388 e. The van der Waals surface area contributed by atoms with E-state index in [-0.39, 0.29) is 17.6 Å². The van der Waals surface area contributed by atoms with E-state index >= 15 is 0 Å². The molecule has 0 aromatic carbocycles. The van der Waals surface area contributed by atoms with Gasteiger partial charge in [0.2, 0.25) is 0 Å². The molecule has 4 aliphatic carbocycles. The van der Waals surface area contributed by atoms with Crippen LogP contribution in [0, 0.1) is 23.7 Å². The summed E-state index contributed by atoms with van der Waals surface area (Å²) in [7, 11) is -3.08. The fraction of sp³-hybridized carbons (Fsp3) is 1.00. The molecule has 92 valence electrons. The van der Waals surface area contributed by atoms with E-state index < -0.39 is 15.4 Å². The number of sulfone groups is 1. The Morgan fingerprint density at radius 1 is 1.06 bits per heavy atom. The van der Waals surface area contributed by atoms with Crippen molar-refractivity contribution in [3.63, 3.8) is 0 Å². The van der Waals surface area contributed by atoms with Gasteiger partial charge < -0.3 is 5.11 Å². The lowest BCUT2D eigenvalue weighted by molar-refractivity contribution is -0.158. The minimum atomic E-state index is -3.08. The Hall–Kier alpha value is -0.0900. The second-order valence-corrected chi connectivity index (χ2v) is 8.51. The molecule has 4 fully saturated rings. The van der Waals surface area contributed by atoms with E-state index in [1.54, 1.807) is 0 Å². The van der Waals surface area contributed by atoms with Gasteiger partial charge in [0.25, 0.3) is 0 Å². The SMILES string of the molecule is CS(=O)(=O)CC1(O)C2CC3CC(C2)CC1C3. The molecule has 0 spiro atoms. The largest absolute Gasteiger partial charge is 0.388 e. The van der Waals surface area contributed by atoms with E-state index in [1.165, 1.54) is 12.7 Å². The first-order chi connectivity index (χ1) is 7.37. The van der Waals surface area contributed by atoms with Crippen LogP contribution in [0.25, 0.3) is 0 Å². The van der Waals surface area contributed by atoms with Crippen molar-refractivity contribution in [2.75, 3.05) is 12.0 Å². The molecule has 4 saturated carbocycles. The molecule has 16 heavy (non-hydrogen) atoms. The summed E-state index contributed by atoms with van der Waals surface area (Å²) in [4.78, 5) is 0. The molecule has 0 radical (unpaired) electrons. The van der Waals surface area contributed by atoms with Crippen LogP contribution < -0.4 is 0 Å². The fourth-order valence-electron chi connectivity index (χ4n) is 4.66. The van der Waals surface area contributed by atoms with Gasteiger partial charge in [-0.1, -0.05) is 0 Å². The maximum Gasteiger partial charge on any atom is 0.150 e. The molecule has 4 heteroatoms. The smallest absolute Gasteiger partial charge is 0.150 e. The Bertz CT molecular complexity index is 370. The summed E-state index contributed by atoms with van der Waals surface area (Å²) in [5.41, 5.74) is -0.902. The fourth-order valence-corrected chi connectivity index (χ4v) is 5.97. The van der Waals surface area contributed by atoms with Crippen LogP contribution in [0.15, 0.2) is 0 Å². The summed E-state index contributed by atoms with van der Waals surface area (Å²) in [6, 6.07) is 0. The molecule has 4 bridgehead atoms. The molecule has 1 N–H and O–H groups in total. The molecule has 4 aliphatic rings. The van der Waals surface area contributed by atoms with Gasteiger partial charge in [0.15, 0.2) is 0 Å². The maximum atomic E-state index is 11.5. The number of hydrogen-bond donors (Lipinski definition) is 1. The molecule has 0 aromatic heterocycles. The first-order valence-corrected chi connectivity index (χ1v) is 8.33. The molecule has 0 heterocycles. The average Bonchev–Trinajstić information content (AvgIpc) is 2.10. The predicted molar refractivity (Wildman–Crippen MR) is 61.7 cm³/mol. The van der Waals surface area contributed by atoms with Gasteiger partial charge in [0.1, 0.15) is 9.84 Å². The van der Waals surface area contributed by atoms with Crippen LogP contribution in [0.4, 0.5) is 0 Å². The second kappa shape index (κ2) is 3.22. The highest BCUT2D eigenvalue weighted by Gasteiger charge is 2.57. The number of aliphatic hydroxyl groups is 1. The van der Waals surface area contributed by atoms with Crippen LogP contribution in [0.3, 0.4) is 0 Å². The number of hydrogen-bond acceptors (Lipinski definition) is 3. The van der Waals surface area contributed by atoms with Gasteiger partial charge in [-0.25, -0.2) is 8.42 Å². The summed E-state index contributed by atoms with van der Waals surface area (Å²) >= 11 is 0. The van der Waals surface area contributed by atoms with E-state index in [1.807, 2.05) is 0 Å². The standard InChI is InChI=1S/C12H20O3S/c1-16(14,15)7-12(13)10-3-8-2-9(5-10)6-11(12)4-8/h8-11,13H,2-7H2,1H3. The van der Waals surface area contributed by atoms with Gasteiger partial charge in [-0.15, -0.1) is 0 Å². The van der Waals surface area contributed by atoms with Crippen LogP contribution in [0.1, 0.15) is 32.1 Å². The summed E-state index contributed by atoms with van der Waals surface area (Å²) in [6.45, 7) is 0. The first kappa shape index (κ1) is 11.0. The summed E-state index contributed by atoms with van der Waals surface area (Å²) in [5, 5.41) is 10.7. The zero-order chi connectivity index (χ0) is 11.6. The predicted octanol–water partition coefficient (Wildman–Crippen LogP) is 1.22. The Kier molecular flexibility index (Phi) is 2.22. The van der Waals surface area contributed by atoms with Crippen molar-refractivity contribution < 1.29 is 13.5 Å². The van der Waals surface area contributed by atoms with Crippen molar-refractivity contribution >= 4 is 9.84 Å². The van der Waals surface area contributed by atoms with Crippen LogP contribution in [0.2, 0.25) is 0 Å². The van der Waals surface area contributed by atoms with Crippen LogP contribution in [-0.4, -0.2) is 31.1 Å². The lowest BCUT2D eigenvalue weighted by Crippen LogP contribution is -2.60. The molecule has 0 unspecified atom stereocenters. The maximum absolute atomic E-state index is 11.5. The normalized spacial score (nSPS) is 50.9. The summed E-state index contributed by atoms with van der Waals surface area (Å²) in [5.74, 6) is 2.01. The molecule has 0 aromatic rings.